The molecule has 0 aliphatic heterocycles. The molecule has 74 valence electrons. The molecule has 0 aromatic heterocycles. The summed E-state index contributed by atoms with van der Waals surface area (Å²) in [7, 11) is 0. The number of rotatable bonds is 7. The van der Waals surface area contributed by atoms with Gasteiger partial charge in [0.15, 0.2) is 0 Å². The maximum Gasteiger partial charge on any atom is 0.0558 e. The lowest BCUT2D eigenvalue weighted by molar-refractivity contribution is 0.117. The van der Waals surface area contributed by atoms with Crippen molar-refractivity contribution in [3.8, 4) is 0 Å². The zero-order chi connectivity index (χ0) is 9.40. The van der Waals surface area contributed by atoms with Crippen LogP contribution in [-0.4, -0.2) is 47.5 Å². The van der Waals surface area contributed by atoms with Crippen LogP contribution in [0.25, 0.3) is 0 Å². The second-order valence-corrected chi connectivity index (χ2v) is 2.95. The van der Waals surface area contributed by atoms with Crippen molar-refractivity contribution in [2.45, 2.75) is 32.7 Å². The van der Waals surface area contributed by atoms with E-state index in [2.05, 4.69) is 18.7 Å². The smallest absolute Gasteiger partial charge is 0.0558 e. The molecule has 2 N–H and O–H groups in total. The first-order chi connectivity index (χ1) is 5.79. The topological polar surface area (TPSA) is 43.7 Å². The second kappa shape index (κ2) is 7.53. The maximum absolute atomic E-state index is 8.78. The van der Waals surface area contributed by atoms with Crippen molar-refractivity contribution in [2.75, 3.05) is 26.3 Å². The molecule has 0 heterocycles. The number of hydrogen-bond acceptors (Lipinski definition) is 3. The molecule has 0 spiro atoms. The maximum atomic E-state index is 8.78. The number of hydrogen-bond donors (Lipinski definition) is 2. The molecule has 0 radical (unpaired) electrons. The number of nitrogens with zero attached hydrogens (tertiary/aromatic N) is 1. The molecule has 0 aliphatic rings. The van der Waals surface area contributed by atoms with Crippen molar-refractivity contribution < 1.29 is 10.2 Å². The van der Waals surface area contributed by atoms with E-state index in [0.717, 1.165) is 12.8 Å². The van der Waals surface area contributed by atoms with Crippen LogP contribution in [0.4, 0.5) is 0 Å². The summed E-state index contributed by atoms with van der Waals surface area (Å²) in [6.45, 7) is 5.97. The quantitative estimate of drug-likeness (QED) is 0.591. The first-order valence-electron chi connectivity index (χ1n) is 4.75. The summed E-state index contributed by atoms with van der Waals surface area (Å²) >= 11 is 0. The van der Waals surface area contributed by atoms with Crippen LogP contribution in [0.3, 0.4) is 0 Å². The Labute approximate surface area is 75.0 Å². The Morgan fingerprint density at radius 1 is 1.00 bits per heavy atom. The SMILES string of the molecule is CCC(CC)N(CCO)CCO. The molecule has 0 atom stereocenters. The molecule has 0 fully saturated rings. The molecule has 0 aliphatic carbocycles. The van der Waals surface area contributed by atoms with E-state index in [1.807, 2.05) is 0 Å². The Hall–Kier alpha value is -0.120. The number of aliphatic hydroxyl groups is 2. The van der Waals surface area contributed by atoms with Crippen molar-refractivity contribution >= 4 is 0 Å². The molecule has 0 amide bonds. The van der Waals surface area contributed by atoms with Gasteiger partial charge in [-0.2, -0.15) is 0 Å². The first kappa shape index (κ1) is 11.9. The summed E-state index contributed by atoms with van der Waals surface area (Å²) < 4.78 is 0. The van der Waals surface area contributed by atoms with Crippen LogP contribution < -0.4 is 0 Å². The van der Waals surface area contributed by atoms with Crippen molar-refractivity contribution in [2.24, 2.45) is 0 Å². The van der Waals surface area contributed by atoms with Crippen molar-refractivity contribution in [1.82, 2.24) is 4.90 Å². The van der Waals surface area contributed by atoms with E-state index in [1.165, 1.54) is 0 Å². The van der Waals surface area contributed by atoms with Crippen LogP contribution in [0.5, 0.6) is 0 Å². The monoisotopic (exact) mass is 175 g/mol. The summed E-state index contributed by atoms with van der Waals surface area (Å²) in [5.74, 6) is 0. The second-order valence-electron chi connectivity index (χ2n) is 2.95. The highest BCUT2D eigenvalue weighted by Gasteiger charge is 2.12. The highest BCUT2D eigenvalue weighted by atomic mass is 16.3. The summed E-state index contributed by atoms with van der Waals surface area (Å²) in [5.41, 5.74) is 0. The molecule has 0 unspecified atom stereocenters. The Kier molecular flexibility index (Phi) is 7.45. The van der Waals surface area contributed by atoms with Crippen LogP contribution in [-0.2, 0) is 0 Å². The van der Waals surface area contributed by atoms with E-state index in [0.29, 0.717) is 19.1 Å². The van der Waals surface area contributed by atoms with Crippen LogP contribution in [0, 0.1) is 0 Å². The molecule has 12 heavy (non-hydrogen) atoms. The molecular weight excluding hydrogens is 154 g/mol. The first-order valence-corrected chi connectivity index (χ1v) is 4.75. The predicted molar refractivity (Wildman–Crippen MR) is 50.1 cm³/mol. The molecule has 3 heteroatoms. The van der Waals surface area contributed by atoms with E-state index in [-0.39, 0.29) is 13.2 Å². The van der Waals surface area contributed by atoms with Gasteiger partial charge in [-0.25, -0.2) is 0 Å². The van der Waals surface area contributed by atoms with Crippen molar-refractivity contribution in [1.29, 1.82) is 0 Å². The van der Waals surface area contributed by atoms with E-state index >= 15 is 0 Å². The lowest BCUT2D eigenvalue weighted by atomic mass is 10.1. The van der Waals surface area contributed by atoms with Crippen molar-refractivity contribution in [3.05, 3.63) is 0 Å². The van der Waals surface area contributed by atoms with Crippen LogP contribution in [0.2, 0.25) is 0 Å². The predicted octanol–water partition coefficient (Wildman–Crippen LogP) is 0.462. The minimum absolute atomic E-state index is 0.177. The van der Waals surface area contributed by atoms with E-state index in [1.54, 1.807) is 0 Å². The average Bonchev–Trinajstić information content (AvgIpc) is 2.07. The Morgan fingerprint density at radius 2 is 1.42 bits per heavy atom. The van der Waals surface area contributed by atoms with E-state index in [9.17, 15) is 0 Å². The highest BCUT2D eigenvalue weighted by Crippen LogP contribution is 2.06. The minimum atomic E-state index is 0.177. The van der Waals surface area contributed by atoms with Gasteiger partial charge in [0, 0.05) is 19.1 Å². The lowest BCUT2D eigenvalue weighted by Gasteiger charge is -2.28. The van der Waals surface area contributed by atoms with E-state index in [4.69, 9.17) is 10.2 Å². The zero-order valence-electron chi connectivity index (χ0n) is 8.16. The van der Waals surface area contributed by atoms with Gasteiger partial charge in [0.2, 0.25) is 0 Å². The fourth-order valence-corrected chi connectivity index (χ4v) is 1.54. The van der Waals surface area contributed by atoms with Gasteiger partial charge in [0.05, 0.1) is 13.2 Å². The third-order valence-electron chi connectivity index (χ3n) is 2.23. The average molecular weight is 175 g/mol. The molecule has 0 aromatic rings. The van der Waals surface area contributed by atoms with Gasteiger partial charge in [-0.05, 0) is 12.8 Å². The summed E-state index contributed by atoms with van der Waals surface area (Å²) in [6.07, 6.45) is 2.16. The Bertz CT molecular complexity index is 88.5. The molecular formula is C9H21NO2. The molecule has 0 aromatic carbocycles. The Morgan fingerprint density at radius 3 is 1.67 bits per heavy atom. The normalized spacial score (nSPS) is 11.5. The van der Waals surface area contributed by atoms with Crippen molar-refractivity contribution in [3.63, 3.8) is 0 Å². The lowest BCUT2D eigenvalue weighted by Crippen LogP contribution is -2.38. The third-order valence-corrected chi connectivity index (χ3v) is 2.23. The van der Waals surface area contributed by atoms with Gasteiger partial charge in [-0.1, -0.05) is 13.8 Å². The van der Waals surface area contributed by atoms with Crippen LogP contribution >= 0.6 is 0 Å². The van der Waals surface area contributed by atoms with E-state index < -0.39 is 0 Å². The minimum Gasteiger partial charge on any atom is -0.395 e. The summed E-state index contributed by atoms with van der Waals surface area (Å²) in [4.78, 5) is 2.14. The standard InChI is InChI=1S/C9H21NO2/c1-3-9(4-2)10(5-7-11)6-8-12/h9,11-12H,3-8H2,1-2H3. The highest BCUT2D eigenvalue weighted by molar-refractivity contribution is 4.68. The largest absolute Gasteiger partial charge is 0.395 e. The van der Waals surface area contributed by atoms with Gasteiger partial charge in [0.1, 0.15) is 0 Å². The molecule has 0 rings (SSSR count). The van der Waals surface area contributed by atoms with Gasteiger partial charge in [0.25, 0.3) is 0 Å². The van der Waals surface area contributed by atoms with Gasteiger partial charge < -0.3 is 10.2 Å². The molecule has 0 saturated heterocycles. The van der Waals surface area contributed by atoms with Gasteiger partial charge in [-0.3, -0.25) is 4.90 Å². The fraction of sp³-hybridized carbons (Fsp3) is 1.00. The van der Waals surface area contributed by atoms with Gasteiger partial charge >= 0.3 is 0 Å². The zero-order valence-corrected chi connectivity index (χ0v) is 8.16. The number of aliphatic hydroxyl groups excluding tert-OH is 2. The Balaban J connectivity index is 3.86. The third kappa shape index (κ3) is 4.04. The fourth-order valence-electron chi connectivity index (χ4n) is 1.54. The summed E-state index contributed by atoms with van der Waals surface area (Å²) in [5, 5.41) is 17.6. The van der Waals surface area contributed by atoms with Gasteiger partial charge in [-0.15, -0.1) is 0 Å². The van der Waals surface area contributed by atoms with Crippen LogP contribution in [0.15, 0.2) is 0 Å². The van der Waals surface area contributed by atoms with Crippen LogP contribution in [0.1, 0.15) is 26.7 Å². The molecule has 0 saturated carbocycles. The summed E-state index contributed by atoms with van der Waals surface area (Å²) in [6, 6.07) is 0.504. The molecule has 0 bridgehead atoms. The molecule has 3 nitrogen and oxygen atoms in total.